The van der Waals surface area contributed by atoms with E-state index < -0.39 is 5.85 Å². The van der Waals surface area contributed by atoms with Gasteiger partial charge < -0.3 is 15.8 Å². The number of benzene rings is 1. The zero-order valence-corrected chi connectivity index (χ0v) is 13.4. The second kappa shape index (κ2) is 5.96. The van der Waals surface area contributed by atoms with Crippen LogP contribution in [0.2, 0.25) is 5.02 Å². The number of ether oxygens (including phenoxy) is 1. The number of hydrogen-bond donors (Lipinski definition) is 2. The third kappa shape index (κ3) is 2.90. The van der Waals surface area contributed by atoms with E-state index in [-0.39, 0.29) is 12.3 Å². The molecule has 2 aromatic rings. The molecule has 1 unspecified atom stereocenters. The second-order valence-electron chi connectivity index (χ2n) is 5.32. The molecule has 120 valence electrons. The fraction of sp³-hybridized carbons (Fsp3) is 0.250. The van der Waals surface area contributed by atoms with Crippen LogP contribution in [0.5, 0.6) is 0 Å². The summed E-state index contributed by atoms with van der Waals surface area (Å²) in [7, 11) is 0. The lowest BCUT2D eigenvalue weighted by Crippen LogP contribution is -2.45. The van der Waals surface area contributed by atoms with Crippen molar-refractivity contribution in [2.45, 2.75) is 25.6 Å². The van der Waals surface area contributed by atoms with Gasteiger partial charge in [-0.3, -0.25) is 9.36 Å². The molecule has 3 rings (SSSR count). The molecule has 7 heteroatoms. The normalized spacial score (nSPS) is 19.8. The maximum absolute atomic E-state index is 11.0. The number of primary amides is 1. The van der Waals surface area contributed by atoms with Crippen LogP contribution in [0.25, 0.3) is 0 Å². The molecular weight excluding hydrogens is 316 g/mol. The smallest absolute Gasteiger partial charge is 0.293 e. The lowest BCUT2D eigenvalue weighted by atomic mass is 10.1. The van der Waals surface area contributed by atoms with Gasteiger partial charge in [0.2, 0.25) is 5.91 Å². The van der Waals surface area contributed by atoms with Gasteiger partial charge in [0.25, 0.3) is 5.85 Å². The van der Waals surface area contributed by atoms with Crippen molar-refractivity contribution in [2.75, 3.05) is 0 Å². The number of aryl methyl sites for hydroxylation is 1. The minimum Gasteiger partial charge on any atom is -0.448 e. The third-order valence-electron chi connectivity index (χ3n) is 3.73. The van der Waals surface area contributed by atoms with Crippen molar-refractivity contribution in [1.82, 2.24) is 14.9 Å². The molecule has 3 N–H and O–H groups in total. The molecular formula is C16H17ClN4O2. The highest BCUT2D eigenvalue weighted by Crippen LogP contribution is 2.34. The predicted octanol–water partition coefficient (Wildman–Crippen LogP) is 2.23. The Balaban J connectivity index is 1.96. The van der Waals surface area contributed by atoms with Crippen LogP contribution in [0.15, 0.2) is 48.6 Å². The van der Waals surface area contributed by atoms with Crippen molar-refractivity contribution < 1.29 is 9.53 Å². The number of carbonyl (C=O) groups excluding carboxylic acids is 1. The molecule has 1 aliphatic rings. The van der Waals surface area contributed by atoms with E-state index in [2.05, 4.69) is 10.3 Å². The number of imidazole rings is 1. The topological polar surface area (TPSA) is 82.2 Å². The van der Waals surface area contributed by atoms with Crippen LogP contribution in [-0.2, 0) is 15.4 Å². The van der Waals surface area contributed by atoms with Crippen LogP contribution in [0.3, 0.4) is 0 Å². The first kappa shape index (κ1) is 15.4. The molecule has 1 amide bonds. The summed E-state index contributed by atoms with van der Waals surface area (Å²) < 4.78 is 8.07. The van der Waals surface area contributed by atoms with Gasteiger partial charge in [0.05, 0.1) is 0 Å². The Kier molecular flexibility index (Phi) is 4.00. The van der Waals surface area contributed by atoms with Gasteiger partial charge in [-0.25, -0.2) is 4.98 Å². The zero-order chi connectivity index (χ0) is 16.4. The van der Waals surface area contributed by atoms with Crippen LogP contribution >= 0.6 is 11.6 Å². The predicted molar refractivity (Wildman–Crippen MR) is 86.2 cm³/mol. The van der Waals surface area contributed by atoms with Crippen LogP contribution in [-0.4, -0.2) is 15.5 Å². The highest BCUT2D eigenvalue weighted by atomic mass is 35.5. The van der Waals surface area contributed by atoms with Crippen molar-refractivity contribution in [3.8, 4) is 0 Å². The molecule has 0 saturated heterocycles. The molecule has 0 aliphatic carbocycles. The minimum absolute atomic E-state index is 0.229. The molecule has 1 atom stereocenters. The second-order valence-corrected chi connectivity index (χ2v) is 5.76. The van der Waals surface area contributed by atoms with Gasteiger partial charge in [-0.05, 0) is 31.2 Å². The molecule has 6 nitrogen and oxygen atoms in total. The van der Waals surface area contributed by atoms with Gasteiger partial charge in [0, 0.05) is 42.0 Å². The van der Waals surface area contributed by atoms with E-state index >= 15 is 0 Å². The number of hydrogen-bond acceptors (Lipinski definition) is 4. The fourth-order valence-corrected chi connectivity index (χ4v) is 2.71. The summed E-state index contributed by atoms with van der Waals surface area (Å²) >= 11 is 5.99. The highest BCUT2D eigenvalue weighted by Gasteiger charge is 2.41. The molecule has 23 heavy (non-hydrogen) atoms. The van der Waals surface area contributed by atoms with Gasteiger partial charge in [-0.15, -0.1) is 0 Å². The molecule has 0 saturated carbocycles. The fourth-order valence-electron chi connectivity index (χ4n) is 2.58. The van der Waals surface area contributed by atoms with Crippen molar-refractivity contribution in [1.29, 1.82) is 0 Å². The van der Waals surface area contributed by atoms with Gasteiger partial charge in [0.15, 0.2) is 0 Å². The van der Waals surface area contributed by atoms with E-state index in [0.717, 1.165) is 11.4 Å². The summed E-state index contributed by atoms with van der Waals surface area (Å²) in [5.74, 6) is 0.138. The SMILES string of the molecule is Cc1nccn1C1(c2ccc(Cl)cc2)NC=C(CCC(N)=O)O1. The van der Waals surface area contributed by atoms with Gasteiger partial charge in [0.1, 0.15) is 11.6 Å². The number of nitrogens with one attached hydrogen (secondary N) is 1. The number of rotatable bonds is 5. The van der Waals surface area contributed by atoms with Crippen LogP contribution in [0, 0.1) is 6.92 Å². The lowest BCUT2D eigenvalue weighted by molar-refractivity contribution is -0.118. The lowest BCUT2D eigenvalue weighted by Gasteiger charge is -2.32. The largest absolute Gasteiger partial charge is 0.448 e. The van der Waals surface area contributed by atoms with Crippen molar-refractivity contribution in [3.05, 3.63) is 65.0 Å². The first-order chi connectivity index (χ1) is 11.0. The summed E-state index contributed by atoms with van der Waals surface area (Å²) in [5, 5.41) is 3.91. The van der Waals surface area contributed by atoms with E-state index in [1.54, 1.807) is 24.5 Å². The Labute approximate surface area is 138 Å². The Morgan fingerprint density at radius 3 is 2.78 bits per heavy atom. The Morgan fingerprint density at radius 2 is 2.17 bits per heavy atom. The summed E-state index contributed by atoms with van der Waals surface area (Å²) in [5.41, 5.74) is 6.08. The number of halogens is 1. The number of nitrogens with two attached hydrogens (primary N) is 1. The number of aromatic nitrogens is 2. The van der Waals surface area contributed by atoms with Crippen LogP contribution in [0.1, 0.15) is 24.2 Å². The molecule has 0 spiro atoms. The van der Waals surface area contributed by atoms with Crippen LogP contribution < -0.4 is 11.1 Å². The first-order valence-electron chi connectivity index (χ1n) is 7.22. The van der Waals surface area contributed by atoms with E-state index in [4.69, 9.17) is 22.1 Å². The molecule has 1 aliphatic heterocycles. The Morgan fingerprint density at radius 1 is 1.43 bits per heavy atom. The average Bonchev–Trinajstić information content (AvgIpc) is 3.13. The highest BCUT2D eigenvalue weighted by molar-refractivity contribution is 6.30. The maximum atomic E-state index is 11.0. The van der Waals surface area contributed by atoms with Gasteiger partial charge >= 0.3 is 0 Å². The molecule has 1 aromatic carbocycles. The standard InChI is InChI=1S/C16H17ClN4O2/c1-11-19-8-9-21(11)16(12-2-4-13(17)5-3-12)20-10-14(23-16)6-7-15(18)22/h2-5,8-10,20H,6-7H2,1H3,(H2,18,22). The quantitative estimate of drug-likeness (QED) is 0.879. The third-order valence-corrected chi connectivity index (χ3v) is 3.98. The number of allylic oxidation sites excluding steroid dienone is 1. The van der Waals surface area contributed by atoms with Crippen LogP contribution in [0.4, 0.5) is 0 Å². The van der Waals surface area contributed by atoms with E-state index in [1.807, 2.05) is 29.8 Å². The minimum atomic E-state index is -0.946. The molecule has 0 bridgehead atoms. The molecule has 0 radical (unpaired) electrons. The average molecular weight is 333 g/mol. The van der Waals surface area contributed by atoms with E-state index in [1.165, 1.54) is 0 Å². The van der Waals surface area contributed by atoms with E-state index in [0.29, 0.717) is 17.2 Å². The number of nitrogens with zero attached hydrogens (tertiary/aromatic N) is 2. The van der Waals surface area contributed by atoms with Gasteiger partial charge in [-0.2, -0.15) is 0 Å². The first-order valence-corrected chi connectivity index (χ1v) is 7.59. The monoisotopic (exact) mass is 332 g/mol. The molecule has 1 aromatic heterocycles. The summed E-state index contributed by atoms with van der Waals surface area (Å²) in [6.07, 6.45) is 5.97. The zero-order valence-electron chi connectivity index (χ0n) is 12.6. The van der Waals surface area contributed by atoms with Crippen molar-refractivity contribution >= 4 is 17.5 Å². The van der Waals surface area contributed by atoms with Crippen molar-refractivity contribution in [3.63, 3.8) is 0 Å². The molecule has 0 fully saturated rings. The molecule has 2 heterocycles. The Bertz CT molecular complexity index is 754. The summed E-state index contributed by atoms with van der Waals surface area (Å²) in [4.78, 5) is 15.3. The Hall–Kier alpha value is -2.47. The summed E-state index contributed by atoms with van der Waals surface area (Å²) in [6.45, 7) is 1.89. The summed E-state index contributed by atoms with van der Waals surface area (Å²) in [6, 6.07) is 7.38. The number of amides is 1. The maximum Gasteiger partial charge on any atom is 0.293 e. The van der Waals surface area contributed by atoms with Gasteiger partial charge in [-0.1, -0.05) is 11.6 Å². The van der Waals surface area contributed by atoms with Crippen molar-refractivity contribution in [2.24, 2.45) is 5.73 Å². The van der Waals surface area contributed by atoms with E-state index in [9.17, 15) is 4.79 Å². The number of carbonyl (C=O) groups is 1.